The van der Waals surface area contributed by atoms with Gasteiger partial charge in [0, 0.05) is 32.4 Å². The van der Waals surface area contributed by atoms with Crippen LogP contribution in [0.3, 0.4) is 0 Å². The van der Waals surface area contributed by atoms with Crippen LogP contribution in [0, 0.1) is 0 Å². The summed E-state index contributed by atoms with van der Waals surface area (Å²) in [6.07, 6.45) is 0. The summed E-state index contributed by atoms with van der Waals surface area (Å²) in [4.78, 5) is 13.3. The van der Waals surface area contributed by atoms with E-state index >= 15 is 0 Å². The van der Waals surface area contributed by atoms with Gasteiger partial charge in [-0.2, -0.15) is 0 Å². The van der Waals surface area contributed by atoms with Gasteiger partial charge < -0.3 is 20.7 Å². The largest absolute Gasteiger partial charge is 0.383 e. The van der Waals surface area contributed by atoms with Crippen LogP contribution in [0.15, 0.2) is 24.3 Å². The molecule has 0 aliphatic carbocycles. The zero-order chi connectivity index (χ0) is 13.5. The second-order valence-corrected chi connectivity index (χ2v) is 4.26. The third-order valence-electron chi connectivity index (χ3n) is 2.67. The number of methoxy groups -OCH3 is 1. The van der Waals surface area contributed by atoms with Crippen LogP contribution < -0.4 is 11.1 Å². The Bertz CT molecular complexity index is 376. The fraction of sp³-hybridized carbons (Fsp3) is 0.462. The fourth-order valence-electron chi connectivity index (χ4n) is 1.42. The number of carbonyl (C=O) groups excluding carboxylic acids is 1. The molecular formula is C13H21N3O2. The van der Waals surface area contributed by atoms with Gasteiger partial charge in [0.05, 0.1) is 6.61 Å². The van der Waals surface area contributed by atoms with Gasteiger partial charge in [0.1, 0.15) is 0 Å². The first-order valence-corrected chi connectivity index (χ1v) is 5.91. The molecule has 0 aliphatic heterocycles. The molecule has 100 valence electrons. The summed E-state index contributed by atoms with van der Waals surface area (Å²) in [6, 6.07) is 7.37. The van der Waals surface area contributed by atoms with Gasteiger partial charge in [0.25, 0.3) is 0 Å². The molecule has 1 aromatic rings. The summed E-state index contributed by atoms with van der Waals surface area (Å²) in [5.41, 5.74) is 7.56. The predicted molar refractivity (Wildman–Crippen MR) is 72.6 cm³/mol. The molecule has 0 saturated heterocycles. The van der Waals surface area contributed by atoms with Gasteiger partial charge in [0.15, 0.2) is 0 Å². The van der Waals surface area contributed by atoms with E-state index < -0.39 is 0 Å². The Balaban J connectivity index is 2.53. The molecule has 0 spiro atoms. The summed E-state index contributed by atoms with van der Waals surface area (Å²) in [5.74, 6) is 0. The molecule has 3 N–H and O–H groups in total. The molecule has 0 fully saturated rings. The van der Waals surface area contributed by atoms with E-state index in [1.807, 2.05) is 31.2 Å². The average molecular weight is 251 g/mol. The number of anilines is 1. The van der Waals surface area contributed by atoms with Crippen molar-refractivity contribution in [2.45, 2.75) is 13.0 Å². The minimum absolute atomic E-state index is 0.000807. The van der Waals surface area contributed by atoms with Crippen LogP contribution in [-0.4, -0.2) is 38.2 Å². The first kappa shape index (κ1) is 14.5. The number of amides is 2. The first-order valence-electron chi connectivity index (χ1n) is 5.91. The molecule has 2 amide bonds. The fourth-order valence-corrected chi connectivity index (χ4v) is 1.42. The lowest BCUT2D eigenvalue weighted by Crippen LogP contribution is -2.33. The van der Waals surface area contributed by atoms with Gasteiger partial charge in [0.2, 0.25) is 0 Å². The molecule has 0 bridgehead atoms. The maximum Gasteiger partial charge on any atom is 0.321 e. The highest BCUT2D eigenvalue weighted by Gasteiger charge is 2.08. The van der Waals surface area contributed by atoms with Gasteiger partial charge in [-0.25, -0.2) is 4.79 Å². The molecule has 0 heterocycles. The number of rotatable bonds is 5. The van der Waals surface area contributed by atoms with Crippen LogP contribution in [0.25, 0.3) is 0 Å². The van der Waals surface area contributed by atoms with Crippen LogP contribution in [0.2, 0.25) is 0 Å². The Morgan fingerprint density at radius 1 is 1.44 bits per heavy atom. The van der Waals surface area contributed by atoms with Gasteiger partial charge >= 0.3 is 6.03 Å². The molecule has 5 heteroatoms. The van der Waals surface area contributed by atoms with Crippen molar-refractivity contribution in [2.75, 3.05) is 32.6 Å². The van der Waals surface area contributed by atoms with Crippen molar-refractivity contribution in [3.05, 3.63) is 29.8 Å². The quantitative estimate of drug-likeness (QED) is 0.838. The zero-order valence-electron chi connectivity index (χ0n) is 11.1. The second-order valence-electron chi connectivity index (χ2n) is 4.26. The molecule has 1 atom stereocenters. The van der Waals surface area contributed by atoms with Crippen molar-refractivity contribution < 1.29 is 9.53 Å². The number of nitrogens with one attached hydrogen (secondary N) is 1. The van der Waals surface area contributed by atoms with Gasteiger partial charge in [-0.05, 0) is 24.6 Å². The third kappa shape index (κ3) is 4.35. The molecule has 5 nitrogen and oxygen atoms in total. The number of urea groups is 1. The molecule has 0 aromatic heterocycles. The van der Waals surface area contributed by atoms with E-state index in [-0.39, 0.29) is 12.1 Å². The van der Waals surface area contributed by atoms with E-state index in [0.29, 0.717) is 13.2 Å². The summed E-state index contributed by atoms with van der Waals surface area (Å²) in [6.45, 7) is 3.00. The highest BCUT2D eigenvalue weighted by molar-refractivity contribution is 5.89. The van der Waals surface area contributed by atoms with Crippen LogP contribution in [-0.2, 0) is 4.74 Å². The van der Waals surface area contributed by atoms with E-state index in [1.54, 1.807) is 19.1 Å². The van der Waals surface area contributed by atoms with Crippen LogP contribution in [0.5, 0.6) is 0 Å². The first-order chi connectivity index (χ1) is 8.54. The molecular weight excluding hydrogens is 230 g/mol. The molecule has 1 unspecified atom stereocenters. The van der Waals surface area contributed by atoms with Gasteiger partial charge in [-0.1, -0.05) is 12.1 Å². The SMILES string of the molecule is COCCN(C)C(=O)Nc1ccc(C(C)N)cc1. The number of hydrogen-bond donors (Lipinski definition) is 2. The number of benzene rings is 1. The monoisotopic (exact) mass is 251 g/mol. The second kappa shape index (κ2) is 6.98. The van der Waals surface area contributed by atoms with Crippen LogP contribution in [0.4, 0.5) is 10.5 Å². The maximum absolute atomic E-state index is 11.8. The van der Waals surface area contributed by atoms with Crippen LogP contribution in [0.1, 0.15) is 18.5 Å². The minimum atomic E-state index is -0.152. The number of hydrogen-bond acceptors (Lipinski definition) is 3. The molecule has 1 aromatic carbocycles. The van der Waals surface area contributed by atoms with Crippen molar-refractivity contribution in [1.82, 2.24) is 4.90 Å². The smallest absolute Gasteiger partial charge is 0.321 e. The Morgan fingerprint density at radius 2 is 2.06 bits per heavy atom. The summed E-state index contributed by atoms with van der Waals surface area (Å²) in [7, 11) is 3.34. The zero-order valence-corrected chi connectivity index (χ0v) is 11.1. The Morgan fingerprint density at radius 3 is 2.56 bits per heavy atom. The minimum Gasteiger partial charge on any atom is -0.383 e. The Kier molecular flexibility index (Phi) is 5.61. The summed E-state index contributed by atoms with van der Waals surface area (Å²) < 4.78 is 4.92. The highest BCUT2D eigenvalue weighted by Crippen LogP contribution is 2.14. The lowest BCUT2D eigenvalue weighted by atomic mass is 10.1. The van der Waals surface area contributed by atoms with E-state index in [1.165, 1.54) is 0 Å². The number of nitrogens with zero attached hydrogens (tertiary/aromatic N) is 1. The average Bonchev–Trinajstić information content (AvgIpc) is 2.36. The normalized spacial score (nSPS) is 12.0. The molecule has 0 aliphatic rings. The number of likely N-dealkylation sites (N-methyl/N-ethyl adjacent to an activating group) is 1. The lowest BCUT2D eigenvalue weighted by molar-refractivity contribution is 0.165. The third-order valence-corrected chi connectivity index (χ3v) is 2.67. The Labute approximate surface area is 108 Å². The topological polar surface area (TPSA) is 67.6 Å². The summed E-state index contributed by atoms with van der Waals surface area (Å²) >= 11 is 0. The maximum atomic E-state index is 11.8. The van der Waals surface area contributed by atoms with Crippen molar-refractivity contribution in [3.63, 3.8) is 0 Å². The number of ether oxygens (including phenoxy) is 1. The summed E-state index contributed by atoms with van der Waals surface area (Å²) in [5, 5.41) is 2.81. The van der Waals surface area contributed by atoms with Crippen molar-refractivity contribution in [1.29, 1.82) is 0 Å². The van der Waals surface area contributed by atoms with E-state index in [2.05, 4.69) is 5.32 Å². The lowest BCUT2D eigenvalue weighted by Gasteiger charge is -2.17. The van der Waals surface area contributed by atoms with Crippen LogP contribution >= 0.6 is 0 Å². The number of nitrogens with two attached hydrogens (primary N) is 1. The van der Waals surface area contributed by atoms with Crippen molar-refractivity contribution in [3.8, 4) is 0 Å². The van der Waals surface area contributed by atoms with Crippen molar-refractivity contribution >= 4 is 11.7 Å². The van der Waals surface area contributed by atoms with E-state index in [9.17, 15) is 4.79 Å². The molecule has 18 heavy (non-hydrogen) atoms. The molecule has 0 saturated carbocycles. The molecule has 1 rings (SSSR count). The highest BCUT2D eigenvalue weighted by atomic mass is 16.5. The van der Waals surface area contributed by atoms with E-state index in [4.69, 9.17) is 10.5 Å². The standard InChI is InChI=1S/C13H21N3O2/c1-10(14)11-4-6-12(7-5-11)15-13(17)16(2)8-9-18-3/h4-7,10H,8-9,14H2,1-3H3,(H,15,17). The molecule has 0 radical (unpaired) electrons. The Hall–Kier alpha value is -1.59. The van der Waals surface area contributed by atoms with E-state index in [0.717, 1.165) is 11.3 Å². The van der Waals surface area contributed by atoms with Gasteiger partial charge in [-0.3, -0.25) is 0 Å². The van der Waals surface area contributed by atoms with Crippen molar-refractivity contribution in [2.24, 2.45) is 5.73 Å². The predicted octanol–water partition coefficient (Wildman–Crippen LogP) is 1.82. The van der Waals surface area contributed by atoms with Gasteiger partial charge in [-0.15, -0.1) is 0 Å². The number of carbonyl (C=O) groups is 1.